The molecule has 1 heteroatoms. The minimum Gasteiger partial charge on any atom is -0.244 e. The predicted octanol–water partition coefficient (Wildman–Crippen LogP) is 4.49. The average molecular weight is 220 g/mol. The van der Waals surface area contributed by atoms with E-state index in [0.29, 0.717) is 6.42 Å². The van der Waals surface area contributed by atoms with E-state index >= 15 is 0 Å². The minimum atomic E-state index is -1.12. The summed E-state index contributed by atoms with van der Waals surface area (Å²) in [5, 5.41) is 0. The van der Waals surface area contributed by atoms with Gasteiger partial charge in [-0.3, -0.25) is 0 Å². The minimum absolute atomic E-state index is 0.482. The van der Waals surface area contributed by atoms with Gasteiger partial charge in [-0.05, 0) is 45.2 Å². The van der Waals surface area contributed by atoms with Crippen molar-refractivity contribution in [3.8, 4) is 0 Å². The van der Waals surface area contributed by atoms with E-state index in [1.54, 1.807) is 13.8 Å². The fourth-order valence-corrected chi connectivity index (χ4v) is 1.68. The van der Waals surface area contributed by atoms with E-state index in [4.69, 9.17) is 0 Å². The first kappa shape index (κ1) is 13.0. The largest absolute Gasteiger partial charge is 0.244 e. The summed E-state index contributed by atoms with van der Waals surface area (Å²) in [7, 11) is 0. The van der Waals surface area contributed by atoms with Crippen LogP contribution in [0.15, 0.2) is 35.9 Å². The van der Waals surface area contributed by atoms with Crippen molar-refractivity contribution in [3.63, 3.8) is 0 Å². The molecule has 0 spiro atoms. The van der Waals surface area contributed by atoms with Gasteiger partial charge in [0.15, 0.2) is 0 Å². The van der Waals surface area contributed by atoms with Crippen LogP contribution in [0, 0.1) is 0 Å². The maximum absolute atomic E-state index is 13.4. The Hall–Kier alpha value is -1.11. The molecular formula is C15H21F. The topological polar surface area (TPSA) is 0 Å². The van der Waals surface area contributed by atoms with Crippen molar-refractivity contribution in [2.45, 2.75) is 46.2 Å². The Kier molecular flexibility index (Phi) is 4.28. The zero-order chi connectivity index (χ0) is 12.2. The van der Waals surface area contributed by atoms with Crippen LogP contribution in [0.25, 0.3) is 0 Å². The van der Waals surface area contributed by atoms with Gasteiger partial charge in [-0.2, -0.15) is 0 Å². The highest BCUT2D eigenvalue weighted by Crippen LogP contribution is 2.17. The number of halogens is 1. The molecule has 0 amide bonds. The summed E-state index contributed by atoms with van der Waals surface area (Å²) in [5.41, 5.74) is 2.59. The van der Waals surface area contributed by atoms with Crippen LogP contribution in [0.5, 0.6) is 0 Å². The lowest BCUT2D eigenvalue weighted by Gasteiger charge is -2.14. The van der Waals surface area contributed by atoms with Crippen molar-refractivity contribution in [3.05, 3.63) is 47.0 Å². The molecule has 0 radical (unpaired) electrons. The van der Waals surface area contributed by atoms with Crippen molar-refractivity contribution in [1.82, 2.24) is 0 Å². The third-order valence-electron chi connectivity index (χ3n) is 2.62. The Bertz CT molecular complexity index is 352. The van der Waals surface area contributed by atoms with E-state index < -0.39 is 5.67 Å². The average Bonchev–Trinajstić information content (AvgIpc) is 2.18. The van der Waals surface area contributed by atoms with Gasteiger partial charge in [-0.15, -0.1) is 0 Å². The molecule has 0 aliphatic heterocycles. The summed E-state index contributed by atoms with van der Waals surface area (Å²) in [6.45, 7) is 7.41. The van der Waals surface area contributed by atoms with Gasteiger partial charge in [0.1, 0.15) is 5.67 Å². The molecule has 0 N–H and O–H groups in total. The fourth-order valence-electron chi connectivity index (χ4n) is 1.68. The molecule has 0 saturated heterocycles. The number of hydrogen-bond acceptors (Lipinski definition) is 0. The second-order valence-electron chi connectivity index (χ2n) is 5.02. The van der Waals surface area contributed by atoms with Gasteiger partial charge < -0.3 is 0 Å². The highest BCUT2D eigenvalue weighted by Gasteiger charge is 2.15. The molecule has 0 atom stereocenters. The molecule has 88 valence electrons. The molecular weight excluding hydrogens is 199 g/mol. The van der Waals surface area contributed by atoms with Gasteiger partial charge in [-0.25, -0.2) is 4.39 Å². The van der Waals surface area contributed by atoms with E-state index in [-0.39, 0.29) is 0 Å². The smallest absolute Gasteiger partial charge is 0.109 e. The first-order valence-corrected chi connectivity index (χ1v) is 5.79. The van der Waals surface area contributed by atoms with E-state index in [1.807, 2.05) is 12.1 Å². The lowest BCUT2D eigenvalue weighted by molar-refractivity contribution is 0.217. The normalized spacial score (nSPS) is 12.9. The number of hydrogen-bond donors (Lipinski definition) is 0. The Morgan fingerprint density at radius 1 is 1.19 bits per heavy atom. The van der Waals surface area contributed by atoms with Gasteiger partial charge >= 0.3 is 0 Å². The van der Waals surface area contributed by atoms with Gasteiger partial charge in [0, 0.05) is 6.42 Å². The van der Waals surface area contributed by atoms with Crippen LogP contribution in [0.1, 0.15) is 38.8 Å². The van der Waals surface area contributed by atoms with Gasteiger partial charge in [-0.1, -0.05) is 35.9 Å². The van der Waals surface area contributed by atoms with Crippen molar-refractivity contribution >= 4 is 0 Å². The molecule has 0 bridgehead atoms. The third-order valence-corrected chi connectivity index (χ3v) is 2.62. The Balaban J connectivity index is 2.68. The summed E-state index contributed by atoms with van der Waals surface area (Å²) in [5.74, 6) is 0. The monoisotopic (exact) mass is 220 g/mol. The zero-order valence-electron chi connectivity index (χ0n) is 10.7. The van der Waals surface area contributed by atoms with Crippen LogP contribution in [-0.2, 0) is 12.8 Å². The quantitative estimate of drug-likeness (QED) is 0.656. The molecule has 1 aromatic carbocycles. The van der Waals surface area contributed by atoms with E-state index in [2.05, 4.69) is 32.1 Å². The maximum atomic E-state index is 13.4. The lowest BCUT2D eigenvalue weighted by Crippen LogP contribution is -2.15. The van der Waals surface area contributed by atoms with Crippen LogP contribution >= 0.6 is 0 Å². The van der Waals surface area contributed by atoms with E-state index in [9.17, 15) is 4.39 Å². The highest BCUT2D eigenvalue weighted by molar-refractivity contribution is 5.26. The Morgan fingerprint density at radius 2 is 1.69 bits per heavy atom. The molecule has 0 fully saturated rings. The summed E-state index contributed by atoms with van der Waals surface area (Å²) in [6, 6.07) is 8.24. The van der Waals surface area contributed by atoms with Crippen molar-refractivity contribution in [2.24, 2.45) is 0 Å². The SMILES string of the molecule is C/C=C(\C)Cc1ccc(CC(C)(C)F)cc1. The molecule has 0 aromatic heterocycles. The number of benzene rings is 1. The molecule has 0 aliphatic carbocycles. The first-order valence-electron chi connectivity index (χ1n) is 5.79. The van der Waals surface area contributed by atoms with Gasteiger partial charge in [0.2, 0.25) is 0 Å². The third kappa shape index (κ3) is 4.61. The maximum Gasteiger partial charge on any atom is 0.109 e. The number of alkyl halides is 1. The summed E-state index contributed by atoms with van der Waals surface area (Å²) < 4.78 is 13.4. The number of rotatable bonds is 4. The highest BCUT2D eigenvalue weighted by atomic mass is 19.1. The molecule has 16 heavy (non-hydrogen) atoms. The Labute approximate surface area is 98.2 Å². The fraction of sp³-hybridized carbons (Fsp3) is 0.467. The Morgan fingerprint density at radius 3 is 2.12 bits per heavy atom. The standard InChI is InChI=1S/C15H21F/c1-5-12(2)10-13-6-8-14(9-7-13)11-15(3,4)16/h5-9H,10-11H2,1-4H3/b12-5+. The first-order chi connectivity index (χ1) is 7.40. The van der Waals surface area contributed by atoms with Crippen LogP contribution in [0.2, 0.25) is 0 Å². The summed E-state index contributed by atoms with van der Waals surface area (Å²) in [6.07, 6.45) is 3.59. The molecule has 0 aliphatic rings. The molecule has 0 saturated carbocycles. The van der Waals surface area contributed by atoms with Crippen LogP contribution in [0.3, 0.4) is 0 Å². The van der Waals surface area contributed by atoms with Crippen LogP contribution < -0.4 is 0 Å². The lowest BCUT2D eigenvalue weighted by atomic mass is 9.98. The van der Waals surface area contributed by atoms with Gasteiger partial charge in [0.05, 0.1) is 0 Å². The second-order valence-corrected chi connectivity index (χ2v) is 5.02. The molecule has 1 rings (SSSR count). The molecule has 0 heterocycles. The predicted molar refractivity (Wildman–Crippen MR) is 68.5 cm³/mol. The van der Waals surface area contributed by atoms with Crippen molar-refractivity contribution in [1.29, 1.82) is 0 Å². The van der Waals surface area contributed by atoms with Gasteiger partial charge in [0.25, 0.3) is 0 Å². The van der Waals surface area contributed by atoms with E-state index in [1.165, 1.54) is 11.1 Å². The molecule has 1 aromatic rings. The van der Waals surface area contributed by atoms with Crippen LogP contribution in [-0.4, -0.2) is 5.67 Å². The molecule has 0 nitrogen and oxygen atoms in total. The van der Waals surface area contributed by atoms with Crippen molar-refractivity contribution in [2.75, 3.05) is 0 Å². The van der Waals surface area contributed by atoms with E-state index in [0.717, 1.165) is 12.0 Å². The molecule has 0 unspecified atom stereocenters. The summed E-state index contributed by atoms with van der Waals surface area (Å²) >= 11 is 0. The summed E-state index contributed by atoms with van der Waals surface area (Å²) in [4.78, 5) is 0. The second kappa shape index (κ2) is 5.29. The number of allylic oxidation sites excluding steroid dienone is 2. The zero-order valence-corrected chi connectivity index (χ0v) is 10.7. The van der Waals surface area contributed by atoms with Crippen LogP contribution in [0.4, 0.5) is 4.39 Å². The van der Waals surface area contributed by atoms with Crippen molar-refractivity contribution < 1.29 is 4.39 Å².